The summed E-state index contributed by atoms with van der Waals surface area (Å²) < 4.78 is 13.1. The summed E-state index contributed by atoms with van der Waals surface area (Å²) in [7, 11) is 0. The molecule has 31 heavy (non-hydrogen) atoms. The first-order valence-corrected chi connectivity index (χ1v) is 12.9. The van der Waals surface area contributed by atoms with Crippen LogP contribution in [0.2, 0.25) is 0 Å². The lowest BCUT2D eigenvalue weighted by atomic mass is 9.46. The van der Waals surface area contributed by atoms with E-state index in [1.807, 2.05) is 13.0 Å². The Morgan fingerprint density at radius 2 is 1.84 bits per heavy atom. The number of rotatable bonds is 0. The molecule has 0 radical (unpaired) electrons. The van der Waals surface area contributed by atoms with E-state index in [4.69, 9.17) is 9.47 Å². The minimum atomic E-state index is -0.722. The first kappa shape index (κ1) is 20.9. The van der Waals surface area contributed by atoms with Crippen LogP contribution in [0.5, 0.6) is 0 Å². The van der Waals surface area contributed by atoms with Gasteiger partial charge in [-0.15, -0.1) is 0 Å². The Morgan fingerprint density at radius 1 is 1.03 bits per heavy atom. The number of allylic oxidation sites excluding steroid dienone is 1. The minimum absolute atomic E-state index is 0.238. The largest absolute Gasteiger partial charge is 0.388 e. The van der Waals surface area contributed by atoms with Crippen LogP contribution in [0, 0.1) is 40.4 Å². The maximum atomic E-state index is 12.1. The lowest BCUT2D eigenvalue weighted by Gasteiger charge is -2.58. The van der Waals surface area contributed by atoms with Crippen molar-refractivity contribution in [1.82, 2.24) is 0 Å². The van der Waals surface area contributed by atoms with Crippen LogP contribution in [-0.4, -0.2) is 35.0 Å². The van der Waals surface area contributed by atoms with Crippen molar-refractivity contribution >= 4 is 5.78 Å². The van der Waals surface area contributed by atoms with Gasteiger partial charge in [-0.2, -0.15) is 0 Å². The second-order valence-electron chi connectivity index (χ2n) is 12.8. The van der Waals surface area contributed by atoms with Crippen LogP contribution in [0.15, 0.2) is 11.6 Å². The van der Waals surface area contributed by atoms with E-state index in [1.54, 1.807) is 0 Å². The summed E-state index contributed by atoms with van der Waals surface area (Å²) >= 11 is 0. The van der Waals surface area contributed by atoms with Gasteiger partial charge in [0.15, 0.2) is 11.6 Å². The van der Waals surface area contributed by atoms with Crippen molar-refractivity contribution < 1.29 is 19.4 Å². The number of ether oxygens (including phenoxy) is 2. The van der Waals surface area contributed by atoms with Crippen LogP contribution >= 0.6 is 0 Å². The molecular weight excluding hydrogens is 388 g/mol. The van der Waals surface area contributed by atoms with E-state index < -0.39 is 11.4 Å². The molecular formula is C27H40O4. The van der Waals surface area contributed by atoms with Crippen molar-refractivity contribution in [3.8, 4) is 0 Å². The third-order valence-corrected chi connectivity index (χ3v) is 11.3. The van der Waals surface area contributed by atoms with Gasteiger partial charge < -0.3 is 14.6 Å². The molecule has 3 saturated carbocycles. The third kappa shape index (κ3) is 2.74. The molecule has 0 aromatic heterocycles. The summed E-state index contributed by atoms with van der Waals surface area (Å²) in [5, 5.41) is 10.4. The van der Waals surface area contributed by atoms with E-state index in [2.05, 4.69) is 20.8 Å². The first-order chi connectivity index (χ1) is 14.6. The van der Waals surface area contributed by atoms with Crippen LogP contribution < -0.4 is 0 Å². The van der Waals surface area contributed by atoms with Gasteiger partial charge in [0.1, 0.15) is 0 Å². The highest BCUT2D eigenvalue weighted by atomic mass is 16.7. The van der Waals surface area contributed by atoms with Crippen molar-refractivity contribution in [3.05, 3.63) is 11.6 Å². The van der Waals surface area contributed by atoms with Gasteiger partial charge in [0.2, 0.25) is 0 Å². The van der Waals surface area contributed by atoms with Crippen LogP contribution in [0.3, 0.4) is 0 Å². The molecule has 1 N–H and O–H groups in total. The molecule has 4 heteroatoms. The number of carbonyl (C=O) groups excluding carboxylic acids is 1. The van der Waals surface area contributed by atoms with Gasteiger partial charge in [0.05, 0.1) is 18.3 Å². The highest BCUT2D eigenvalue weighted by Gasteiger charge is 2.69. The summed E-state index contributed by atoms with van der Waals surface area (Å²) in [6.07, 6.45) is 11.8. The van der Waals surface area contributed by atoms with Crippen molar-refractivity contribution in [1.29, 1.82) is 0 Å². The van der Waals surface area contributed by atoms with Crippen LogP contribution in [0.4, 0.5) is 0 Å². The molecule has 2 heterocycles. The SMILES string of the molecule is C[C@H]1[C@H]2[C@H](C[C@H]3[C@@H]4CCC5=CC(=O)CC[C@]5(C)[C@H]4CC[C@]23C)O[C@]12CC[C@](C)(O)CO2. The Labute approximate surface area is 187 Å². The molecule has 0 bridgehead atoms. The second kappa shape index (κ2) is 6.45. The number of fused-ring (bicyclic) bond motifs is 7. The fourth-order valence-corrected chi connectivity index (χ4v) is 9.56. The Kier molecular flexibility index (Phi) is 4.34. The second-order valence-corrected chi connectivity index (χ2v) is 12.8. The Balaban J connectivity index is 1.27. The van der Waals surface area contributed by atoms with E-state index in [9.17, 15) is 9.90 Å². The monoisotopic (exact) mass is 428 g/mol. The molecule has 0 aromatic rings. The van der Waals surface area contributed by atoms with E-state index >= 15 is 0 Å². The zero-order chi connectivity index (χ0) is 21.8. The van der Waals surface area contributed by atoms with E-state index in [0.29, 0.717) is 35.7 Å². The molecule has 5 fully saturated rings. The third-order valence-electron chi connectivity index (χ3n) is 11.3. The molecule has 10 atom stereocenters. The van der Waals surface area contributed by atoms with E-state index in [1.165, 1.54) is 31.3 Å². The van der Waals surface area contributed by atoms with Crippen LogP contribution in [-0.2, 0) is 14.3 Å². The van der Waals surface area contributed by atoms with Gasteiger partial charge in [-0.05, 0) is 92.4 Å². The predicted molar refractivity (Wildman–Crippen MR) is 118 cm³/mol. The fraction of sp³-hybridized carbons (Fsp3) is 0.889. The quantitative estimate of drug-likeness (QED) is 0.587. The van der Waals surface area contributed by atoms with Gasteiger partial charge in [-0.1, -0.05) is 26.3 Å². The van der Waals surface area contributed by atoms with Crippen molar-refractivity contribution in [3.63, 3.8) is 0 Å². The summed E-state index contributed by atoms with van der Waals surface area (Å²) in [5.41, 5.74) is 1.29. The van der Waals surface area contributed by atoms with Gasteiger partial charge in [0.25, 0.3) is 0 Å². The zero-order valence-corrected chi connectivity index (χ0v) is 19.8. The lowest BCUT2D eigenvalue weighted by molar-refractivity contribution is -0.293. The molecule has 1 spiro atoms. The normalized spacial score (nSPS) is 58.4. The van der Waals surface area contributed by atoms with Crippen molar-refractivity contribution in [2.75, 3.05) is 6.61 Å². The standard InChI is InChI=1S/C27H40O4/c1-16-23-22(31-27(16)12-11-24(2,29)15-30-27)14-21-19-6-5-17-13-18(28)7-9-25(17,3)20(19)8-10-26(21,23)4/h13,16,19-23,29H,5-12,14-15H2,1-4H3/t16-,19+,20-,21-,22-,23-,24-,25-,26-,27+/m0/s1. The highest BCUT2D eigenvalue weighted by Crippen LogP contribution is 2.70. The van der Waals surface area contributed by atoms with E-state index in [0.717, 1.165) is 49.9 Å². The summed E-state index contributed by atoms with van der Waals surface area (Å²) in [4.78, 5) is 12.1. The fourth-order valence-electron chi connectivity index (χ4n) is 9.56. The molecule has 4 aliphatic carbocycles. The Morgan fingerprint density at radius 3 is 2.58 bits per heavy atom. The number of aliphatic hydroxyl groups is 1. The molecule has 2 saturated heterocycles. The van der Waals surface area contributed by atoms with Crippen molar-refractivity contribution in [2.24, 2.45) is 40.4 Å². The van der Waals surface area contributed by atoms with Gasteiger partial charge in [-0.25, -0.2) is 0 Å². The maximum absolute atomic E-state index is 12.1. The minimum Gasteiger partial charge on any atom is -0.388 e. The van der Waals surface area contributed by atoms with Crippen molar-refractivity contribution in [2.45, 2.75) is 103 Å². The highest BCUT2D eigenvalue weighted by molar-refractivity contribution is 5.91. The average Bonchev–Trinajstić information content (AvgIpc) is 3.16. The first-order valence-electron chi connectivity index (χ1n) is 12.9. The molecule has 0 unspecified atom stereocenters. The van der Waals surface area contributed by atoms with Gasteiger partial charge >= 0.3 is 0 Å². The average molecular weight is 429 g/mol. The molecule has 4 nitrogen and oxygen atoms in total. The molecule has 0 aromatic carbocycles. The number of ketones is 1. The number of hydrogen-bond acceptors (Lipinski definition) is 4. The molecule has 6 aliphatic rings. The van der Waals surface area contributed by atoms with E-state index in [-0.39, 0.29) is 5.41 Å². The summed E-state index contributed by atoms with van der Waals surface area (Å²) in [6.45, 7) is 9.66. The predicted octanol–water partition coefficient (Wildman–Crippen LogP) is 5.04. The Bertz CT molecular complexity index is 819. The summed E-state index contributed by atoms with van der Waals surface area (Å²) in [5.74, 6) is 3.01. The number of hydrogen-bond donors (Lipinski definition) is 1. The van der Waals surface area contributed by atoms with Crippen LogP contribution in [0.1, 0.15) is 85.5 Å². The smallest absolute Gasteiger partial charge is 0.171 e. The maximum Gasteiger partial charge on any atom is 0.171 e. The van der Waals surface area contributed by atoms with Crippen LogP contribution in [0.25, 0.3) is 0 Å². The topological polar surface area (TPSA) is 55.8 Å². The molecule has 6 rings (SSSR count). The van der Waals surface area contributed by atoms with Gasteiger partial charge in [-0.3, -0.25) is 4.79 Å². The molecule has 172 valence electrons. The molecule has 0 amide bonds. The summed E-state index contributed by atoms with van der Waals surface area (Å²) in [6, 6.07) is 0. The number of carbonyl (C=O) groups is 1. The Hall–Kier alpha value is -0.710. The zero-order valence-electron chi connectivity index (χ0n) is 19.8. The lowest BCUT2D eigenvalue weighted by Crippen LogP contribution is -2.54. The van der Waals surface area contributed by atoms with Gasteiger partial charge in [0, 0.05) is 18.8 Å². The molecule has 2 aliphatic heterocycles.